The largest absolute Gasteiger partial charge is 0.454 e. The molecule has 0 amide bonds. The number of hydrogen-bond donors (Lipinski definition) is 1. The Morgan fingerprint density at radius 3 is 2.74 bits per heavy atom. The summed E-state index contributed by atoms with van der Waals surface area (Å²) in [6.45, 7) is 7.21. The van der Waals surface area contributed by atoms with Gasteiger partial charge in [0.25, 0.3) is 0 Å². The molecular formula is C30H30N2O6. The van der Waals surface area contributed by atoms with Crippen molar-refractivity contribution in [1.29, 1.82) is 0 Å². The van der Waals surface area contributed by atoms with Crippen molar-refractivity contribution in [2.75, 3.05) is 6.79 Å². The average Bonchev–Trinajstić information content (AvgIpc) is 3.36. The van der Waals surface area contributed by atoms with Crippen LogP contribution in [0.25, 0.3) is 0 Å². The van der Waals surface area contributed by atoms with Gasteiger partial charge in [0.2, 0.25) is 6.79 Å². The molecular weight excluding hydrogens is 484 g/mol. The Labute approximate surface area is 221 Å². The van der Waals surface area contributed by atoms with Gasteiger partial charge in [-0.3, -0.25) is 14.4 Å². The quantitative estimate of drug-likeness (QED) is 0.206. The van der Waals surface area contributed by atoms with Crippen molar-refractivity contribution in [3.8, 4) is 11.5 Å². The van der Waals surface area contributed by atoms with Crippen LogP contribution in [0.5, 0.6) is 11.5 Å². The fourth-order valence-electron chi connectivity index (χ4n) is 3.63. The van der Waals surface area contributed by atoms with Crippen molar-refractivity contribution in [3.63, 3.8) is 0 Å². The molecule has 1 aliphatic heterocycles. The topological polar surface area (TPSA) is 115 Å². The minimum absolute atomic E-state index is 0.0986. The highest BCUT2D eigenvalue weighted by Gasteiger charge is 2.24. The van der Waals surface area contributed by atoms with Gasteiger partial charge in [-0.25, -0.2) is 9.98 Å². The molecule has 196 valence electrons. The molecule has 0 spiro atoms. The number of benzene rings is 1. The van der Waals surface area contributed by atoms with Crippen LogP contribution in [0.15, 0.2) is 100 Å². The SMILES string of the molecule is C=CC(=O)C1=C/C(=C\CC(N=C/C=C/C)=N/C=C/C[C@H](O)c2ccc3c(c2)OCO3)C(=O)C=C(CC)C1=O. The summed E-state index contributed by atoms with van der Waals surface area (Å²) in [5.74, 6) is 0.239. The maximum atomic E-state index is 12.8. The minimum atomic E-state index is -0.764. The van der Waals surface area contributed by atoms with Gasteiger partial charge in [0.05, 0.1) is 11.7 Å². The first kappa shape index (κ1) is 28.1. The van der Waals surface area contributed by atoms with Crippen LogP contribution in [-0.2, 0) is 14.4 Å². The number of Topliss-reactive ketones (excluding diaryl/α,β-unsaturated/α-hetero) is 1. The summed E-state index contributed by atoms with van der Waals surface area (Å²) in [6.07, 6.45) is 13.6. The number of carbonyl (C=O) groups excluding carboxylic acids is 3. The molecule has 2 aliphatic rings. The Morgan fingerprint density at radius 1 is 1.21 bits per heavy atom. The van der Waals surface area contributed by atoms with E-state index in [0.717, 1.165) is 6.08 Å². The Hall–Kier alpha value is -4.43. The second kappa shape index (κ2) is 13.8. The number of rotatable bonds is 10. The Bertz CT molecular complexity index is 1320. The third-order valence-corrected chi connectivity index (χ3v) is 5.73. The zero-order valence-electron chi connectivity index (χ0n) is 21.4. The number of allylic oxidation sites excluding steroid dienone is 8. The molecule has 8 nitrogen and oxygen atoms in total. The van der Waals surface area contributed by atoms with Crippen LogP contribution in [0.3, 0.4) is 0 Å². The summed E-state index contributed by atoms with van der Waals surface area (Å²) < 4.78 is 10.6. The average molecular weight is 515 g/mol. The Morgan fingerprint density at radius 2 is 2.00 bits per heavy atom. The number of carbonyl (C=O) groups is 3. The summed E-state index contributed by atoms with van der Waals surface area (Å²) in [5, 5.41) is 10.5. The second-order valence-corrected chi connectivity index (χ2v) is 8.30. The van der Waals surface area contributed by atoms with Crippen molar-refractivity contribution in [2.24, 2.45) is 9.98 Å². The van der Waals surface area contributed by atoms with Crippen molar-refractivity contribution in [2.45, 2.75) is 39.2 Å². The van der Waals surface area contributed by atoms with E-state index in [1.807, 2.05) is 13.0 Å². The Balaban J connectivity index is 1.79. The fourth-order valence-corrected chi connectivity index (χ4v) is 3.63. The summed E-state index contributed by atoms with van der Waals surface area (Å²) in [5.41, 5.74) is 1.06. The lowest BCUT2D eigenvalue weighted by atomic mass is 9.99. The number of aliphatic hydroxyl groups is 1. The van der Waals surface area contributed by atoms with Crippen LogP contribution in [0.1, 0.15) is 44.8 Å². The zero-order valence-corrected chi connectivity index (χ0v) is 21.4. The molecule has 0 aromatic heterocycles. The van der Waals surface area contributed by atoms with E-state index in [0.29, 0.717) is 35.7 Å². The van der Waals surface area contributed by atoms with Gasteiger partial charge in [0, 0.05) is 30.0 Å². The zero-order chi connectivity index (χ0) is 27.5. The normalized spacial score (nSPS) is 17.9. The van der Waals surface area contributed by atoms with Crippen molar-refractivity contribution in [1.82, 2.24) is 0 Å². The van der Waals surface area contributed by atoms with Crippen molar-refractivity contribution < 1.29 is 29.0 Å². The van der Waals surface area contributed by atoms with Crippen LogP contribution in [0.2, 0.25) is 0 Å². The molecule has 0 fully saturated rings. The van der Waals surface area contributed by atoms with E-state index in [9.17, 15) is 19.5 Å². The van der Waals surface area contributed by atoms with E-state index < -0.39 is 17.7 Å². The minimum Gasteiger partial charge on any atom is -0.454 e. The predicted molar refractivity (Wildman–Crippen MR) is 146 cm³/mol. The summed E-state index contributed by atoms with van der Waals surface area (Å²) >= 11 is 0. The molecule has 38 heavy (non-hydrogen) atoms. The number of ketones is 3. The number of ether oxygens (including phenoxy) is 2. The van der Waals surface area contributed by atoms with E-state index in [2.05, 4.69) is 16.6 Å². The first-order valence-corrected chi connectivity index (χ1v) is 12.2. The number of amidine groups is 1. The lowest BCUT2D eigenvalue weighted by Crippen LogP contribution is -2.12. The maximum absolute atomic E-state index is 12.8. The van der Waals surface area contributed by atoms with Crippen molar-refractivity contribution in [3.05, 3.63) is 95.8 Å². The molecule has 8 heteroatoms. The standard InChI is InChI=1S/C30H30N2O6/c1-4-7-14-31-29(32-15-8-9-25(34)22-10-12-27-28(18-22)38-19-37-27)13-11-21-16-23(24(33)6-3)30(36)20(5-2)17-26(21)35/h4,6-8,10-12,14-18,25,34H,3,5,9,13,19H2,1-2H3/b7-4+,15-8+,21-11+,31-14?,32-29?/t25-/m0/s1. The number of aliphatic hydroxyl groups excluding tert-OH is 1. The smallest absolute Gasteiger partial charge is 0.231 e. The molecule has 1 atom stereocenters. The number of fused-ring (bicyclic) bond motifs is 1. The molecule has 0 radical (unpaired) electrons. The molecule has 0 unspecified atom stereocenters. The van der Waals surface area contributed by atoms with E-state index in [1.165, 1.54) is 18.4 Å². The van der Waals surface area contributed by atoms with Crippen LogP contribution in [0, 0.1) is 0 Å². The summed E-state index contributed by atoms with van der Waals surface area (Å²) in [6, 6.07) is 5.28. The van der Waals surface area contributed by atoms with Gasteiger partial charge in [-0.15, -0.1) is 0 Å². The highest BCUT2D eigenvalue weighted by molar-refractivity contribution is 6.32. The van der Waals surface area contributed by atoms with E-state index in [1.54, 1.807) is 49.6 Å². The van der Waals surface area contributed by atoms with Crippen LogP contribution >= 0.6 is 0 Å². The first-order chi connectivity index (χ1) is 18.4. The maximum Gasteiger partial charge on any atom is 0.231 e. The third kappa shape index (κ3) is 7.30. The molecule has 1 N–H and O–H groups in total. The lowest BCUT2D eigenvalue weighted by Gasteiger charge is -2.08. The van der Waals surface area contributed by atoms with Gasteiger partial charge in [0.1, 0.15) is 5.84 Å². The lowest BCUT2D eigenvalue weighted by molar-refractivity contribution is -0.117. The fraction of sp³-hybridized carbons (Fsp3) is 0.233. The monoisotopic (exact) mass is 514 g/mol. The molecule has 0 saturated carbocycles. The van der Waals surface area contributed by atoms with Gasteiger partial charge in [0.15, 0.2) is 28.8 Å². The van der Waals surface area contributed by atoms with E-state index in [4.69, 9.17) is 9.47 Å². The molecule has 1 aromatic carbocycles. The number of hydrogen-bond acceptors (Lipinski definition) is 7. The Kier molecular flexibility index (Phi) is 10.2. The van der Waals surface area contributed by atoms with E-state index in [-0.39, 0.29) is 35.7 Å². The highest BCUT2D eigenvalue weighted by Crippen LogP contribution is 2.34. The van der Waals surface area contributed by atoms with Gasteiger partial charge < -0.3 is 14.6 Å². The number of nitrogens with zero attached hydrogens (tertiary/aromatic N) is 2. The molecule has 1 aliphatic carbocycles. The van der Waals surface area contributed by atoms with Gasteiger partial charge in [-0.2, -0.15) is 0 Å². The molecule has 0 bridgehead atoms. The molecule has 3 rings (SSSR count). The third-order valence-electron chi connectivity index (χ3n) is 5.73. The number of aliphatic imine (C=N–C) groups is 2. The molecule has 0 saturated heterocycles. The van der Waals surface area contributed by atoms with Crippen molar-refractivity contribution >= 4 is 29.4 Å². The van der Waals surface area contributed by atoms with Gasteiger partial charge in [-0.1, -0.05) is 37.8 Å². The van der Waals surface area contributed by atoms with Crippen LogP contribution in [-0.4, -0.2) is 41.3 Å². The van der Waals surface area contributed by atoms with Gasteiger partial charge >= 0.3 is 0 Å². The second-order valence-electron chi connectivity index (χ2n) is 8.30. The van der Waals surface area contributed by atoms with Crippen LogP contribution < -0.4 is 9.47 Å². The van der Waals surface area contributed by atoms with Gasteiger partial charge in [-0.05, 0) is 61.8 Å². The summed E-state index contributed by atoms with van der Waals surface area (Å²) in [7, 11) is 0. The highest BCUT2D eigenvalue weighted by atomic mass is 16.7. The first-order valence-electron chi connectivity index (χ1n) is 12.2. The predicted octanol–water partition coefficient (Wildman–Crippen LogP) is 4.88. The molecule has 1 heterocycles. The van der Waals surface area contributed by atoms with Crippen LogP contribution in [0.4, 0.5) is 0 Å². The molecule has 1 aromatic rings. The van der Waals surface area contributed by atoms with E-state index >= 15 is 0 Å². The summed E-state index contributed by atoms with van der Waals surface area (Å²) in [4.78, 5) is 46.4.